The molecule has 1 aromatic carbocycles. The summed E-state index contributed by atoms with van der Waals surface area (Å²) in [5, 5.41) is 9.54. The molecule has 12 heavy (non-hydrogen) atoms. The van der Waals surface area contributed by atoms with E-state index in [1.165, 1.54) is 5.56 Å². The standard InChI is InChI=1S/C10H12OS/c1-10(2)6-7-4-3-5-8(11)9(7)12-10/h3-5,11H,6H2,1-2H3. The topological polar surface area (TPSA) is 20.2 Å². The van der Waals surface area contributed by atoms with Gasteiger partial charge in [0, 0.05) is 4.75 Å². The first-order valence-corrected chi connectivity index (χ1v) is 4.90. The summed E-state index contributed by atoms with van der Waals surface area (Å²) >= 11 is 1.77. The summed E-state index contributed by atoms with van der Waals surface area (Å²) in [6.45, 7) is 4.41. The molecule has 0 saturated heterocycles. The van der Waals surface area contributed by atoms with Crippen molar-refractivity contribution in [3.8, 4) is 5.75 Å². The third-order valence-corrected chi connectivity index (χ3v) is 3.44. The van der Waals surface area contributed by atoms with Gasteiger partial charge in [0.2, 0.25) is 0 Å². The number of fused-ring (bicyclic) bond motifs is 1. The monoisotopic (exact) mass is 180 g/mol. The van der Waals surface area contributed by atoms with Crippen molar-refractivity contribution in [1.29, 1.82) is 0 Å². The molecule has 2 heteroatoms. The number of rotatable bonds is 0. The molecule has 0 atom stereocenters. The average Bonchev–Trinajstić information content (AvgIpc) is 2.25. The highest BCUT2D eigenvalue weighted by Gasteiger charge is 2.30. The van der Waals surface area contributed by atoms with Crippen LogP contribution in [0, 0.1) is 0 Å². The molecule has 2 rings (SSSR count). The SMILES string of the molecule is CC1(C)Cc2cccc(O)c2S1. The third-order valence-electron chi connectivity index (χ3n) is 2.07. The van der Waals surface area contributed by atoms with Crippen molar-refractivity contribution in [2.45, 2.75) is 29.9 Å². The van der Waals surface area contributed by atoms with Gasteiger partial charge in [0.25, 0.3) is 0 Å². The van der Waals surface area contributed by atoms with Crippen LogP contribution in [-0.4, -0.2) is 9.85 Å². The van der Waals surface area contributed by atoms with Gasteiger partial charge < -0.3 is 5.11 Å². The van der Waals surface area contributed by atoms with Gasteiger partial charge in [-0.15, -0.1) is 11.8 Å². The molecular formula is C10H12OS. The van der Waals surface area contributed by atoms with Gasteiger partial charge in [0.1, 0.15) is 5.75 Å². The number of hydrogen-bond acceptors (Lipinski definition) is 2. The Hall–Kier alpha value is -0.630. The minimum atomic E-state index is 0.251. The summed E-state index contributed by atoms with van der Waals surface area (Å²) < 4.78 is 0.251. The molecule has 0 amide bonds. The predicted octanol–water partition coefficient (Wildman–Crippen LogP) is 2.82. The molecule has 1 aromatic rings. The molecule has 1 nitrogen and oxygen atoms in total. The Morgan fingerprint density at radius 1 is 1.42 bits per heavy atom. The Labute approximate surface area is 76.8 Å². The van der Waals surface area contributed by atoms with E-state index in [2.05, 4.69) is 19.9 Å². The van der Waals surface area contributed by atoms with Crippen LogP contribution in [0.4, 0.5) is 0 Å². The summed E-state index contributed by atoms with van der Waals surface area (Å²) in [6, 6.07) is 5.76. The quantitative estimate of drug-likeness (QED) is 0.662. The predicted molar refractivity (Wildman–Crippen MR) is 51.7 cm³/mol. The lowest BCUT2D eigenvalue weighted by Gasteiger charge is -2.13. The van der Waals surface area contributed by atoms with Crippen LogP contribution in [0.15, 0.2) is 23.1 Å². The normalized spacial score (nSPS) is 19.2. The van der Waals surface area contributed by atoms with E-state index in [9.17, 15) is 5.11 Å². The highest BCUT2D eigenvalue weighted by molar-refractivity contribution is 8.01. The van der Waals surface area contributed by atoms with Gasteiger partial charge in [-0.25, -0.2) is 0 Å². The Morgan fingerprint density at radius 3 is 2.83 bits per heavy atom. The maximum atomic E-state index is 9.54. The minimum absolute atomic E-state index is 0.251. The Morgan fingerprint density at radius 2 is 2.17 bits per heavy atom. The molecule has 1 N–H and O–H groups in total. The zero-order chi connectivity index (χ0) is 8.77. The molecule has 1 aliphatic heterocycles. The van der Waals surface area contributed by atoms with Gasteiger partial charge in [-0.1, -0.05) is 26.0 Å². The van der Waals surface area contributed by atoms with E-state index in [4.69, 9.17) is 0 Å². The first-order chi connectivity index (χ1) is 5.58. The number of phenolic OH excluding ortho intramolecular Hbond substituents is 1. The van der Waals surface area contributed by atoms with Crippen molar-refractivity contribution in [3.05, 3.63) is 23.8 Å². The fourth-order valence-electron chi connectivity index (χ4n) is 1.60. The molecular weight excluding hydrogens is 168 g/mol. The van der Waals surface area contributed by atoms with Crippen LogP contribution in [0.5, 0.6) is 5.75 Å². The van der Waals surface area contributed by atoms with E-state index in [1.807, 2.05) is 6.07 Å². The van der Waals surface area contributed by atoms with E-state index in [0.717, 1.165) is 11.3 Å². The molecule has 1 heterocycles. The van der Waals surface area contributed by atoms with Crippen LogP contribution < -0.4 is 0 Å². The molecule has 0 spiro atoms. The number of thioether (sulfide) groups is 1. The van der Waals surface area contributed by atoms with Crippen molar-refractivity contribution < 1.29 is 5.11 Å². The van der Waals surface area contributed by atoms with Crippen molar-refractivity contribution in [3.63, 3.8) is 0 Å². The Bertz CT molecular complexity index is 318. The van der Waals surface area contributed by atoms with Crippen LogP contribution in [0.1, 0.15) is 19.4 Å². The van der Waals surface area contributed by atoms with E-state index >= 15 is 0 Å². The molecule has 0 fully saturated rings. The number of benzene rings is 1. The molecule has 0 unspecified atom stereocenters. The Balaban J connectivity index is 2.48. The fourth-order valence-corrected chi connectivity index (χ4v) is 2.82. The number of aromatic hydroxyl groups is 1. The van der Waals surface area contributed by atoms with Gasteiger partial charge in [-0.2, -0.15) is 0 Å². The van der Waals surface area contributed by atoms with Crippen LogP contribution >= 0.6 is 11.8 Å². The van der Waals surface area contributed by atoms with Gasteiger partial charge in [0.15, 0.2) is 0 Å². The fraction of sp³-hybridized carbons (Fsp3) is 0.400. The zero-order valence-corrected chi connectivity index (χ0v) is 8.11. The second-order valence-electron chi connectivity index (χ2n) is 3.80. The van der Waals surface area contributed by atoms with E-state index < -0.39 is 0 Å². The van der Waals surface area contributed by atoms with Crippen molar-refractivity contribution in [2.24, 2.45) is 0 Å². The van der Waals surface area contributed by atoms with Gasteiger partial charge in [0.05, 0.1) is 4.90 Å². The van der Waals surface area contributed by atoms with Crippen LogP contribution in [0.25, 0.3) is 0 Å². The van der Waals surface area contributed by atoms with E-state index in [-0.39, 0.29) is 4.75 Å². The molecule has 0 aliphatic carbocycles. The zero-order valence-electron chi connectivity index (χ0n) is 7.29. The molecule has 64 valence electrons. The second-order valence-corrected chi connectivity index (χ2v) is 5.52. The summed E-state index contributed by atoms with van der Waals surface area (Å²) in [5.74, 6) is 0.433. The van der Waals surface area contributed by atoms with Gasteiger partial charge in [-0.05, 0) is 18.1 Å². The van der Waals surface area contributed by atoms with E-state index in [0.29, 0.717) is 5.75 Å². The maximum Gasteiger partial charge on any atom is 0.129 e. The molecule has 0 radical (unpaired) electrons. The number of phenols is 1. The average molecular weight is 180 g/mol. The van der Waals surface area contributed by atoms with Crippen molar-refractivity contribution in [2.75, 3.05) is 0 Å². The summed E-state index contributed by atoms with van der Waals surface area (Å²) in [6.07, 6.45) is 1.06. The third kappa shape index (κ3) is 1.20. The first-order valence-electron chi connectivity index (χ1n) is 4.08. The summed E-state index contributed by atoms with van der Waals surface area (Å²) in [4.78, 5) is 1.07. The van der Waals surface area contributed by atoms with Crippen LogP contribution in [0.2, 0.25) is 0 Å². The lowest BCUT2D eigenvalue weighted by atomic mass is 10.0. The highest BCUT2D eigenvalue weighted by atomic mass is 32.2. The number of hydrogen-bond donors (Lipinski definition) is 1. The second kappa shape index (κ2) is 2.43. The van der Waals surface area contributed by atoms with Gasteiger partial charge >= 0.3 is 0 Å². The van der Waals surface area contributed by atoms with E-state index in [1.54, 1.807) is 17.8 Å². The summed E-state index contributed by atoms with van der Waals surface area (Å²) in [7, 11) is 0. The molecule has 0 saturated carbocycles. The van der Waals surface area contributed by atoms with Crippen LogP contribution in [-0.2, 0) is 6.42 Å². The minimum Gasteiger partial charge on any atom is -0.507 e. The van der Waals surface area contributed by atoms with Crippen molar-refractivity contribution >= 4 is 11.8 Å². The largest absolute Gasteiger partial charge is 0.507 e. The summed E-state index contributed by atoms with van der Waals surface area (Å²) in [5.41, 5.74) is 1.28. The highest BCUT2D eigenvalue weighted by Crippen LogP contribution is 2.48. The lowest BCUT2D eigenvalue weighted by molar-refractivity contribution is 0.462. The smallest absolute Gasteiger partial charge is 0.129 e. The first kappa shape index (κ1) is 7.99. The maximum absolute atomic E-state index is 9.54. The van der Waals surface area contributed by atoms with Crippen LogP contribution in [0.3, 0.4) is 0 Å². The Kier molecular flexibility index (Phi) is 1.62. The van der Waals surface area contributed by atoms with Gasteiger partial charge in [-0.3, -0.25) is 0 Å². The van der Waals surface area contributed by atoms with Crippen molar-refractivity contribution in [1.82, 2.24) is 0 Å². The molecule has 0 bridgehead atoms. The molecule has 1 aliphatic rings. The lowest BCUT2D eigenvalue weighted by Crippen LogP contribution is -2.11. The molecule has 0 aromatic heterocycles.